The number of carbonyl (C=O) groups excluding carboxylic acids is 1. The highest BCUT2D eigenvalue weighted by atomic mass is 16.2. The second-order valence-corrected chi connectivity index (χ2v) is 5.06. The third kappa shape index (κ3) is 3.69. The van der Waals surface area contributed by atoms with Crippen molar-refractivity contribution in [2.24, 2.45) is 0 Å². The molecule has 2 rings (SSSR count). The molecule has 1 amide bonds. The predicted octanol–water partition coefficient (Wildman–Crippen LogP) is 1.28. The second kappa shape index (κ2) is 6.36. The van der Waals surface area contributed by atoms with Crippen LogP contribution in [-0.4, -0.2) is 32.4 Å². The fourth-order valence-corrected chi connectivity index (χ4v) is 2.16. The van der Waals surface area contributed by atoms with E-state index in [1.807, 2.05) is 33.0 Å². The molecule has 0 fully saturated rings. The van der Waals surface area contributed by atoms with E-state index in [1.54, 1.807) is 4.68 Å². The number of hydrogen-bond acceptors (Lipinski definition) is 3. The third-order valence-electron chi connectivity index (χ3n) is 3.28. The first-order valence-corrected chi connectivity index (χ1v) is 6.83. The average molecular weight is 275 g/mol. The third-order valence-corrected chi connectivity index (χ3v) is 3.28. The summed E-state index contributed by atoms with van der Waals surface area (Å²) >= 11 is 0. The smallest absolute Gasteiger partial charge is 0.241 e. The molecule has 0 aliphatic rings. The summed E-state index contributed by atoms with van der Waals surface area (Å²) in [6, 6.07) is 1.97. The number of aromatic nitrogens is 4. The summed E-state index contributed by atoms with van der Waals surface area (Å²) in [6.07, 6.45) is 3.67. The maximum Gasteiger partial charge on any atom is 0.241 e. The number of nitrogens with one attached hydrogen (secondary N) is 2. The van der Waals surface area contributed by atoms with Crippen molar-refractivity contribution < 1.29 is 4.79 Å². The maximum atomic E-state index is 11.8. The van der Waals surface area contributed by atoms with Crippen molar-refractivity contribution in [1.82, 2.24) is 25.3 Å². The minimum Gasteiger partial charge on any atom is -0.354 e. The molecule has 6 nitrogen and oxygen atoms in total. The molecule has 0 aliphatic carbocycles. The van der Waals surface area contributed by atoms with E-state index in [1.165, 1.54) is 5.56 Å². The van der Waals surface area contributed by atoms with Gasteiger partial charge in [0.2, 0.25) is 5.91 Å². The molecule has 0 radical (unpaired) electrons. The van der Waals surface area contributed by atoms with Crippen LogP contribution in [0.3, 0.4) is 0 Å². The van der Waals surface area contributed by atoms with Gasteiger partial charge < -0.3 is 5.32 Å². The summed E-state index contributed by atoms with van der Waals surface area (Å²) in [5, 5.41) is 14.1. The van der Waals surface area contributed by atoms with E-state index in [0.717, 1.165) is 29.9 Å². The topological polar surface area (TPSA) is 75.6 Å². The highest BCUT2D eigenvalue weighted by Crippen LogP contribution is 2.05. The standard InChI is InChI=1S/C14H21N5O/c1-10-7-11(2)19(18-10)9-14(20)15-6-4-5-13-8-16-17-12(13)3/h7-8H,4-6,9H2,1-3H3,(H,15,20)(H,16,17). The Bertz CT molecular complexity index is 584. The lowest BCUT2D eigenvalue weighted by Gasteiger charge is -2.06. The molecule has 2 heterocycles. The SMILES string of the molecule is Cc1cc(C)n(CC(=O)NCCCc2cn[nH]c2C)n1. The highest BCUT2D eigenvalue weighted by Gasteiger charge is 2.06. The van der Waals surface area contributed by atoms with Gasteiger partial charge in [0.15, 0.2) is 0 Å². The monoisotopic (exact) mass is 275 g/mol. The van der Waals surface area contributed by atoms with Crippen molar-refractivity contribution in [1.29, 1.82) is 0 Å². The maximum absolute atomic E-state index is 11.8. The number of amides is 1. The van der Waals surface area contributed by atoms with E-state index in [0.29, 0.717) is 6.54 Å². The Labute approximate surface area is 118 Å². The summed E-state index contributed by atoms with van der Waals surface area (Å²) in [5.41, 5.74) is 4.24. The highest BCUT2D eigenvalue weighted by molar-refractivity contribution is 5.75. The fourth-order valence-electron chi connectivity index (χ4n) is 2.16. The van der Waals surface area contributed by atoms with Gasteiger partial charge in [-0.25, -0.2) is 0 Å². The minimum atomic E-state index is 0.000107. The zero-order valence-electron chi connectivity index (χ0n) is 12.2. The lowest BCUT2D eigenvalue weighted by atomic mass is 10.1. The normalized spacial score (nSPS) is 10.8. The van der Waals surface area contributed by atoms with Gasteiger partial charge in [-0.3, -0.25) is 14.6 Å². The van der Waals surface area contributed by atoms with E-state index >= 15 is 0 Å². The zero-order valence-corrected chi connectivity index (χ0v) is 12.2. The predicted molar refractivity (Wildman–Crippen MR) is 76.4 cm³/mol. The van der Waals surface area contributed by atoms with E-state index in [9.17, 15) is 4.79 Å². The Morgan fingerprint density at radius 3 is 2.80 bits per heavy atom. The molecule has 0 atom stereocenters. The van der Waals surface area contributed by atoms with Gasteiger partial charge in [0, 0.05) is 17.9 Å². The summed E-state index contributed by atoms with van der Waals surface area (Å²) in [6.45, 7) is 6.83. The van der Waals surface area contributed by atoms with Gasteiger partial charge in [-0.2, -0.15) is 10.2 Å². The average Bonchev–Trinajstić information content (AvgIpc) is 2.92. The van der Waals surface area contributed by atoms with Crippen LogP contribution in [0.25, 0.3) is 0 Å². The molecular formula is C14H21N5O. The van der Waals surface area contributed by atoms with Crippen molar-refractivity contribution in [2.75, 3.05) is 6.54 Å². The van der Waals surface area contributed by atoms with Crippen LogP contribution in [0.2, 0.25) is 0 Å². The number of hydrogen-bond donors (Lipinski definition) is 2. The van der Waals surface area contributed by atoms with Gasteiger partial charge in [0.1, 0.15) is 6.54 Å². The summed E-state index contributed by atoms with van der Waals surface area (Å²) < 4.78 is 1.73. The van der Waals surface area contributed by atoms with Crippen molar-refractivity contribution >= 4 is 5.91 Å². The quantitative estimate of drug-likeness (QED) is 0.780. The number of nitrogens with zero attached hydrogens (tertiary/aromatic N) is 3. The van der Waals surface area contributed by atoms with Gasteiger partial charge in [-0.15, -0.1) is 0 Å². The second-order valence-electron chi connectivity index (χ2n) is 5.06. The van der Waals surface area contributed by atoms with Crippen LogP contribution in [0.4, 0.5) is 0 Å². The molecule has 6 heteroatoms. The number of carbonyl (C=O) groups is 1. The van der Waals surface area contributed by atoms with Crippen molar-refractivity contribution in [2.45, 2.75) is 40.2 Å². The summed E-state index contributed by atoms with van der Waals surface area (Å²) in [5.74, 6) is 0.000107. The number of H-pyrrole nitrogens is 1. The van der Waals surface area contributed by atoms with Gasteiger partial charge >= 0.3 is 0 Å². The Morgan fingerprint density at radius 1 is 1.40 bits per heavy atom. The molecule has 2 aromatic rings. The number of aryl methyl sites for hydroxylation is 4. The van der Waals surface area contributed by atoms with Crippen molar-refractivity contribution in [3.05, 3.63) is 34.9 Å². The van der Waals surface area contributed by atoms with E-state index in [4.69, 9.17) is 0 Å². The molecule has 0 unspecified atom stereocenters. The molecule has 20 heavy (non-hydrogen) atoms. The lowest BCUT2D eigenvalue weighted by Crippen LogP contribution is -2.29. The van der Waals surface area contributed by atoms with Crippen LogP contribution >= 0.6 is 0 Å². The molecule has 0 bridgehead atoms. The van der Waals surface area contributed by atoms with Crippen LogP contribution < -0.4 is 5.32 Å². The van der Waals surface area contributed by atoms with E-state index < -0.39 is 0 Å². The van der Waals surface area contributed by atoms with E-state index in [-0.39, 0.29) is 12.5 Å². The van der Waals surface area contributed by atoms with E-state index in [2.05, 4.69) is 20.6 Å². The van der Waals surface area contributed by atoms with Gasteiger partial charge in [0.05, 0.1) is 11.9 Å². The molecule has 0 aliphatic heterocycles. The number of rotatable bonds is 6. The molecular weight excluding hydrogens is 254 g/mol. The molecule has 2 N–H and O–H groups in total. The first kappa shape index (κ1) is 14.3. The van der Waals surface area contributed by atoms with Crippen LogP contribution in [0.5, 0.6) is 0 Å². The molecule has 0 saturated carbocycles. The summed E-state index contributed by atoms with van der Waals surface area (Å²) in [4.78, 5) is 11.8. The number of aromatic amines is 1. The fraction of sp³-hybridized carbons (Fsp3) is 0.500. The first-order valence-electron chi connectivity index (χ1n) is 6.83. The van der Waals surface area contributed by atoms with Gasteiger partial charge in [0.25, 0.3) is 0 Å². The van der Waals surface area contributed by atoms with Crippen molar-refractivity contribution in [3.8, 4) is 0 Å². The zero-order chi connectivity index (χ0) is 14.5. The Balaban J connectivity index is 1.70. The minimum absolute atomic E-state index is 0.000107. The van der Waals surface area contributed by atoms with Gasteiger partial charge in [-0.1, -0.05) is 0 Å². The molecule has 0 saturated heterocycles. The van der Waals surface area contributed by atoms with Crippen LogP contribution in [0, 0.1) is 20.8 Å². The van der Waals surface area contributed by atoms with Gasteiger partial charge in [-0.05, 0) is 45.2 Å². The molecule has 108 valence electrons. The van der Waals surface area contributed by atoms with Crippen LogP contribution in [0.1, 0.15) is 29.1 Å². The summed E-state index contributed by atoms with van der Waals surface area (Å²) in [7, 11) is 0. The Morgan fingerprint density at radius 2 is 2.20 bits per heavy atom. The Kier molecular flexibility index (Phi) is 4.55. The van der Waals surface area contributed by atoms with Crippen LogP contribution in [-0.2, 0) is 17.8 Å². The largest absolute Gasteiger partial charge is 0.354 e. The molecule has 0 aromatic carbocycles. The molecule has 0 spiro atoms. The van der Waals surface area contributed by atoms with Crippen LogP contribution in [0.15, 0.2) is 12.3 Å². The van der Waals surface area contributed by atoms with Crippen molar-refractivity contribution in [3.63, 3.8) is 0 Å². The lowest BCUT2D eigenvalue weighted by molar-refractivity contribution is -0.121. The Hall–Kier alpha value is -2.11. The first-order chi connectivity index (χ1) is 9.56. The molecule has 2 aromatic heterocycles.